The molecule has 162 valence electrons. The number of benzene rings is 1. The molecule has 1 aromatic carbocycles. The van der Waals surface area contributed by atoms with Gasteiger partial charge in [0, 0.05) is 23.0 Å². The van der Waals surface area contributed by atoms with Crippen LogP contribution >= 0.6 is 11.6 Å². The van der Waals surface area contributed by atoms with Gasteiger partial charge < -0.3 is 4.74 Å². The van der Waals surface area contributed by atoms with Crippen molar-refractivity contribution in [3.63, 3.8) is 0 Å². The zero-order chi connectivity index (χ0) is 23.0. The molecule has 0 aliphatic carbocycles. The van der Waals surface area contributed by atoms with Crippen molar-refractivity contribution < 1.29 is 4.74 Å². The van der Waals surface area contributed by atoms with Crippen LogP contribution in [0.2, 0.25) is 5.02 Å². The number of halogens is 1. The summed E-state index contributed by atoms with van der Waals surface area (Å²) < 4.78 is 6.98. The van der Waals surface area contributed by atoms with Crippen LogP contribution < -0.4 is 10.2 Å². The van der Waals surface area contributed by atoms with Crippen LogP contribution in [0.5, 0.6) is 5.88 Å². The summed E-state index contributed by atoms with van der Waals surface area (Å²) in [6.45, 7) is 7.70. The Kier molecular flexibility index (Phi) is 5.80. The number of methoxy groups -OCH3 is 1. The van der Waals surface area contributed by atoms with E-state index in [0.717, 1.165) is 28.1 Å². The molecule has 0 fully saturated rings. The van der Waals surface area contributed by atoms with E-state index in [0.29, 0.717) is 33.2 Å². The first kappa shape index (κ1) is 21.7. The molecule has 0 aliphatic rings. The van der Waals surface area contributed by atoms with E-state index in [9.17, 15) is 4.79 Å². The third kappa shape index (κ3) is 4.01. The van der Waals surface area contributed by atoms with E-state index in [4.69, 9.17) is 21.4 Å². The average Bonchev–Trinajstić information content (AvgIpc) is 2.76. The molecule has 3 heterocycles. The highest BCUT2D eigenvalue weighted by Crippen LogP contribution is 2.24. The maximum atomic E-state index is 13.4. The van der Waals surface area contributed by atoms with Crippen LogP contribution in [0.25, 0.3) is 28.4 Å². The lowest BCUT2D eigenvalue weighted by Gasteiger charge is -2.15. The van der Waals surface area contributed by atoms with E-state index in [1.54, 1.807) is 24.1 Å². The number of aromatic nitrogens is 4. The number of nitrogens with zero attached hydrogens (tertiary/aromatic N) is 4. The minimum atomic E-state index is -0.208. The Hall–Kier alpha value is -3.51. The number of allylic oxidation sites excluding steroid dienone is 1. The summed E-state index contributed by atoms with van der Waals surface area (Å²) in [5.74, 6) is 0.500. The van der Waals surface area contributed by atoms with Crippen molar-refractivity contribution in [2.24, 2.45) is 0 Å². The van der Waals surface area contributed by atoms with Gasteiger partial charge in [0.2, 0.25) is 11.3 Å². The van der Waals surface area contributed by atoms with Crippen LogP contribution in [0.4, 0.5) is 0 Å². The number of aryl methyl sites for hydroxylation is 3. The molecule has 0 atom stereocenters. The van der Waals surface area contributed by atoms with Crippen LogP contribution in [0, 0.1) is 20.8 Å². The molecular formula is C25H23ClN4O2. The predicted molar refractivity (Wildman–Crippen MR) is 129 cm³/mol. The monoisotopic (exact) mass is 446 g/mol. The van der Waals surface area contributed by atoms with Crippen LogP contribution in [-0.2, 0) is 0 Å². The average molecular weight is 447 g/mol. The number of fused-ring (bicyclic) bond motifs is 1. The third-order valence-corrected chi connectivity index (χ3v) is 5.65. The van der Waals surface area contributed by atoms with Gasteiger partial charge in [-0.3, -0.25) is 4.79 Å². The molecule has 0 bridgehead atoms. The Balaban J connectivity index is 2.01. The van der Waals surface area contributed by atoms with Crippen LogP contribution in [-0.4, -0.2) is 26.9 Å². The number of hydrogen-bond donors (Lipinski definition) is 0. The van der Waals surface area contributed by atoms with Gasteiger partial charge in [0.15, 0.2) is 0 Å². The molecule has 0 unspecified atom stereocenters. The first-order chi connectivity index (χ1) is 15.3. The fraction of sp³-hybridized carbons (Fsp3) is 0.200. The van der Waals surface area contributed by atoms with Gasteiger partial charge in [-0.05, 0) is 86.4 Å². The van der Waals surface area contributed by atoms with Gasteiger partial charge >= 0.3 is 0 Å². The Labute approximate surface area is 191 Å². The standard InChI is InChI=1S/C25H23ClN4O2/c1-14-12-21-24(28-17(14)4)25(31)23(16(3)10-18-8-9-27-22(13-18)32-5)29-30(21)20-7-6-19(26)11-15(20)2/h6-13H,1-5H3/b16-10+. The zero-order valence-corrected chi connectivity index (χ0v) is 19.4. The van der Waals surface area contributed by atoms with Crippen LogP contribution in [0.3, 0.4) is 0 Å². The second-order valence-electron chi connectivity index (χ2n) is 7.74. The molecule has 4 rings (SSSR count). The van der Waals surface area contributed by atoms with Crippen molar-refractivity contribution in [2.45, 2.75) is 27.7 Å². The Morgan fingerprint density at radius 1 is 1.09 bits per heavy atom. The van der Waals surface area contributed by atoms with E-state index in [1.807, 2.05) is 64.1 Å². The smallest absolute Gasteiger partial charge is 0.233 e. The number of ether oxygens (including phenoxy) is 1. The van der Waals surface area contributed by atoms with Crippen molar-refractivity contribution in [1.29, 1.82) is 0 Å². The molecule has 3 aromatic heterocycles. The second-order valence-corrected chi connectivity index (χ2v) is 8.17. The van der Waals surface area contributed by atoms with E-state index in [-0.39, 0.29) is 5.43 Å². The molecule has 0 spiro atoms. The number of rotatable bonds is 4. The molecular weight excluding hydrogens is 424 g/mol. The van der Waals surface area contributed by atoms with Gasteiger partial charge in [-0.25, -0.2) is 14.6 Å². The van der Waals surface area contributed by atoms with E-state index in [2.05, 4.69) is 9.97 Å². The predicted octanol–water partition coefficient (Wildman–Crippen LogP) is 5.32. The van der Waals surface area contributed by atoms with E-state index in [1.165, 1.54) is 0 Å². The van der Waals surface area contributed by atoms with Crippen molar-refractivity contribution in [1.82, 2.24) is 19.7 Å². The number of hydrogen-bond acceptors (Lipinski definition) is 5. The lowest BCUT2D eigenvalue weighted by molar-refractivity contribution is 0.398. The van der Waals surface area contributed by atoms with Gasteiger partial charge in [0.1, 0.15) is 11.2 Å². The van der Waals surface area contributed by atoms with Crippen LogP contribution in [0.15, 0.2) is 47.4 Å². The lowest BCUT2D eigenvalue weighted by atomic mass is 10.1. The highest BCUT2D eigenvalue weighted by atomic mass is 35.5. The highest BCUT2D eigenvalue weighted by molar-refractivity contribution is 6.30. The summed E-state index contributed by atoms with van der Waals surface area (Å²) in [5.41, 5.74) is 6.32. The minimum Gasteiger partial charge on any atom is -0.481 e. The normalized spacial score (nSPS) is 11.8. The minimum absolute atomic E-state index is 0.208. The summed E-state index contributed by atoms with van der Waals surface area (Å²) >= 11 is 6.17. The molecule has 0 aliphatic heterocycles. The number of pyridine rings is 2. The quantitative estimate of drug-likeness (QED) is 0.424. The highest BCUT2D eigenvalue weighted by Gasteiger charge is 2.17. The van der Waals surface area contributed by atoms with E-state index >= 15 is 0 Å². The van der Waals surface area contributed by atoms with Crippen LogP contribution in [0.1, 0.15) is 35.0 Å². The van der Waals surface area contributed by atoms with Crippen molar-refractivity contribution in [3.05, 3.63) is 85.9 Å². The first-order valence-corrected chi connectivity index (χ1v) is 10.5. The largest absolute Gasteiger partial charge is 0.481 e. The van der Waals surface area contributed by atoms with Gasteiger partial charge in [0.25, 0.3) is 0 Å². The molecule has 0 saturated heterocycles. The topological polar surface area (TPSA) is 69.9 Å². The molecule has 0 radical (unpaired) electrons. The fourth-order valence-electron chi connectivity index (χ4n) is 3.57. The van der Waals surface area contributed by atoms with Crippen molar-refractivity contribution in [3.8, 4) is 11.6 Å². The molecule has 0 saturated carbocycles. The van der Waals surface area contributed by atoms with Gasteiger partial charge in [-0.2, -0.15) is 5.10 Å². The lowest BCUT2D eigenvalue weighted by Crippen LogP contribution is -2.19. The molecule has 4 aromatic rings. The first-order valence-electron chi connectivity index (χ1n) is 10.1. The Morgan fingerprint density at radius 2 is 1.88 bits per heavy atom. The van der Waals surface area contributed by atoms with Gasteiger partial charge in [-0.1, -0.05) is 11.6 Å². The second kappa shape index (κ2) is 8.55. The Morgan fingerprint density at radius 3 is 2.59 bits per heavy atom. The van der Waals surface area contributed by atoms with Gasteiger partial charge in [-0.15, -0.1) is 0 Å². The fourth-order valence-corrected chi connectivity index (χ4v) is 3.80. The summed E-state index contributed by atoms with van der Waals surface area (Å²) in [5, 5.41) is 5.42. The Bertz CT molecular complexity index is 1440. The molecule has 0 amide bonds. The molecule has 6 nitrogen and oxygen atoms in total. The summed E-state index contributed by atoms with van der Waals surface area (Å²) in [6.07, 6.45) is 3.55. The molecule has 0 N–H and O–H groups in total. The third-order valence-electron chi connectivity index (χ3n) is 5.42. The maximum Gasteiger partial charge on any atom is 0.233 e. The summed E-state index contributed by atoms with van der Waals surface area (Å²) in [7, 11) is 1.57. The zero-order valence-electron chi connectivity index (χ0n) is 18.6. The maximum absolute atomic E-state index is 13.4. The van der Waals surface area contributed by atoms with Crippen molar-refractivity contribution in [2.75, 3.05) is 7.11 Å². The molecule has 7 heteroatoms. The SMILES string of the molecule is COc1cc(/C=C(\C)c2nn(-c3ccc(Cl)cc3C)c3cc(C)c(C)nc3c2=O)ccn1. The van der Waals surface area contributed by atoms with E-state index < -0.39 is 0 Å². The summed E-state index contributed by atoms with van der Waals surface area (Å²) in [6, 6.07) is 11.2. The molecule has 32 heavy (non-hydrogen) atoms. The van der Waals surface area contributed by atoms with Crippen molar-refractivity contribution >= 4 is 34.3 Å². The summed E-state index contributed by atoms with van der Waals surface area (Å²) in [4.78, 5) is 22.2. The van der Waals surface area contributed by atoms with Gasteiger partial charge in [0.05, 0.1) is 18.3 Å².